The van der Waals surface area contributed by atoms with Gasteiger partial charge in [0.1, 0.15) is 5.75 Å². The first-order valence-electron chi connectivity index (χ1n) is 9.73. The topological polar surface area (TPSA) is 90.6 Å². The second-order valence-electron chi connectivity index (χ2n) is 6.98. The Morgan fingerprint density at radius 1 is 1.06 bits per heavy atom. The average molecular weight is 466 g/mol. The van der Waals surface area contributed by atoms with E-state index in [4.69, 9.17) is 16.3 Å². The van der Waals surface area contributed by atoms with Gasteiger partial charge >= 0.3 is 5.69 Å². The number of fused-ring (bicyclic) bond motifs is 1. The Hall–Kier alpha value is -2.62. The first kappa shape index (κ1) is 23.1. The molecule has 0 N–H and O–H groups in total. The Bertz CT molecular complexity index is 1310. The fourth-order valence-electron chi connectivity index (χ4n) is 3.41. The van der Waals surface area contributed by atoms with Gasteiger partial charge in [0.15, 0.2) is 5.78 Å². The van der Waals surface area contributed by atoms with E-state index < -0.39 is 15.8 Å². The molecule has 0 unspecified atom stereocenters. The van der Waals surface area contributed by atoms with Crippen molar-refractivity contribution in [1.29, 1.82) is 0 Å². The summed E-state index contributed by atoms with van der Waals surface area (Å²) in [6.45, 7) is 3.52. The molecule has 0 aliphatic rings. The van der Waals surface area contributed by atoms with Gasteiger partial charge in [0.25, 0.3) is 0 Å². The average Bonchev–Trinajstić information content (AvgIpc) is 2.96. The van der Waals surface area contributed by atoms with Crippen LogP contribution in [0.5, 0.6) is 5.75 Å². The van der Waals surface area contributed by atoms with Crippen LogP contribution in [0.4, 0.5) is 0 Å². The van der Waals surface area contributed by atoms with E-state index in [-0.39, 0.29) is 29.2 Å². The molecule has 31 heavy (non-hydrogen) atoms. The van der Waals surface area contributed by atoms with Gasteiger partial charge in [-0.2, -0.15) is 4.31 Å². The van der Waals surface area contributed by atoms with Crippen LogP contribution in [0.3, 0.4) is 0 Å². The van der Waals surface area contributed by atoms with Crippen LogP contribution < -0.4 is 10.4 Å². The number of ether oxygens (including phenoxy) is 1. The molecular formula is C21H24ClN3O5S. The van der Waals surface area contributed by atoms with Gasteiger partial charge in [-0.3, -0.25) is 13.9 Å². The van der Waals surface area contributed by atoms with Crippen molar-refractivity contribution in [2.45, 2.75) is 18.7 Å². The predicted octanol–water partition coefficient (Wildman–Crippen LogP) is 2.82. The molecule has 0 atom stereocenters. The number of benzene rings is 2. The maximum Gasteiger partial charge on any atom is 0.328 e. The number of ketones is 1. The van der Waals surface area contributed by atoms with Crippen molar-refractivity contribution in [1.82, 2.24) is 13.4 Å². The molecule has 1 aromatic heterocycles. The van der Waals surface area contributed by atoms with Gasteiger partial charge in [-0.15, -0.1) is 0 Å². The Balaban J connectivity index is 1.98. The summed E-state index contributed by atoms with van der Waals surface area (Å²) in [4.78, 5) is 25.1. The van der Waals surface area contributed by atoms with E-state index >= 15 is 0 Å². The van der Waals surface area contributed by atoms with E-state index in [0.29, 0.717) is 28.4 Å². The summed E-state index contributed by atoms with van der Waals surface area (Å²) in [5.41, 5.74) is 1.08. The molecule has 0 saturated heterocycles. The fourth-order valence-corrected chi connectivity index (χ4v) is 5.01. The van der Waals surface area contributed by atoms with Crippen LogP contribution in [0.25, 0.3) is 11.0 Å². The number of aromatic nitrogens is 2. The molecule has 0 aliphatic heterocycles. The monoisotopic (exact) mass is 465 g/mol. The fraction of sp³-hybridized carbons (Fsp3) is 0.333. The highest BCUT2D eigenvalue weighted by atomic mass is 35.5. The van der Waals surface area contributed by atoms with Crippen molar-refractivity contribution in [3.05, 3.63) is 57.5 Å². The summed E-state index contributed by atoms with van der Waals surface area (Å²) in [5, 5.41) is 0.355. The minimum Gasteiger partial charge on any atom is -0.493 e. The standard InChI is InChI=1S/C21H24ClN3O5S/c1-5-25(13-19(26)16-11-14(22)7-10-20(16)30-6-2)31(28,29)15-8-9-17-18(12-15)24(4)21(27)23(17)3/h7-12H,5-6,13H2,1-4H3. The van der Waals surface area contributed by atoms with Crippen molar-refractivity contribution in [3.63, 3.8) is 0 Å². The Morgan fingerprint density at radius 3 is 2.39 bits per heavy atom. The van der Waals surface area contributed by atoms with Crippen molar-refractivity contribution in [2.75, 3.05) is 19.7 Å². The molecule has 0 saturated carbocycles. The normalized spacial score (nSPS) is 11.9. The zero-order valence-electron chi connectivity index (χ0n) is 17.8. The maximum atomic E-state index is 13.3. The Morgan fingerprint density at radius 2 is 1.74 bits per heavy atom. The number of rotatable bonds is 8. The van der Waals surface area contributed by atoms with Crippen molar-refractivity contribution >= 4 is 38.4 Å². The molecule has 3 rings (SSSR count). The van der Waals surface area contributed by atoms with Gasteiger partial charge < -0.3 is 4.74 Å². The second-order valence-corrected chi connectivity index (χ2v) is 9.35. The van der Waals surface area contributed by atoms with E-state index in [9.17, 15) is 18.0 Å². The molecule has 0 radical (unpaired) electrons. The van der Waals surface area contributed by atoms with E-state index in [1.807, 2.05) is 0 Å². The Kier molecular flexibility index (Phi) is 6.59. The zero-order valence-corrected chi connectivity index (χ0v) is 19.3. The number of nitrogens with zero attached hydrogens (tertiary/aromatic N) is 3. The highest BCUT2D eigenvalue weighted by Gasteiger charge is 2.28. The molecule has 1 heterocycles. The number of Topliss-reactive ketones (excluding diaryl/α,β-unsaturated/α-hetero) is 1. The molecule has 0 spiro atoms. The Labute approximate surface area is 185 Å². The number of halogens is 1. The van der Waals surface area contributed by atoms with Crippen molar-refractivity contribution < 1.29 is 17.9 Å². The van der Waals surface area contributed by atoms with E-state index in [1.54, 1.807) is 46.1 Å². The summed E-state index contributed by atoms with van der Waals surface area (Å²) in [6.07, 6.45) is 0. The lowest BCUT2D eigenvalue weighted by molar-refractivity contribution is 0.0964. The highest BCUT2D eigenvalue weighted by molar-refractivity contribution is 7.89. The number of aryl methyl sites for hydroxylation is 2. The molecule has 0 aliphatic carbocycles. The maximum absolute atomic E-state index is 13.3. The minimum atomic E-state index is -3.99. The highest BCUT2D eigenvalue weighted by Crippen LogP contribution is 2.26. The lowest BCUT2D eigenvalue weighted by atomic mass is 10.1. The van der Waals surface area contributed by atoms with E-state index in [2.05, 4.69) is 0 Å². The van der Waals surface area contributed by atoms with Gasteiger partial charge in [-0.1, -0.05) is 18.5 Å². The number of imidazole rings is 1. The minimum absolute atomic E-state index is 0.00646. The van der Waals surface area contributed by atoms with Crippen LogP contribution in [-0.2, 0) is 24.1 Å². The first-order chi connectivity index (χ1) is 14.6. The van der Waals surface area contributed by atoms with Gasteiger partial charge in [-0.25, -0.2) is 13.2 Å². The molecule has 166 valence electrons. The van der Waals surface area contributed by atoms with Gasteiger partial charge in [0, 0.05) is 25.7 Å². The van der Waals surface area contributed by atoms with Crippen LogP contribution in [0.1, 0.15) is 24.2 Å². The largest absolute Gasteiger partial charge is 0.493 e. The summed E-state index contributed by atoms with van der Waals surface area (Å²) < 4.78 is 36.0. The van der Waals surface area contributed by atoms with E-state index in [1.165, 1.54) is 27.3 Å². The van der Waals surface area contributed by atoms with Crippen LogP contribution in [0, 0.1) is 0 Å². The molecule has 0 bridgehead atoms. The number of hydrogen-bond donors (Lipinski definition) is 0. The van der Waals surface area contributed by atoms with Crippen LogP contribution in [-0.4, -0.2) is 47.3 Å². The number of carbonyl (C=O) groups is 1. The quantitative estimate of drug-likeness (QED) is 0.477. The third-order valence-corrected chi connectivity index (χ3v) is 7.25. The molecule has 2 aromatic carbocycles. The predicted molar refractivity (Wildman–Crippen MR) is 120 cm³/mol. The van der Waals surface area contributed by atoms with Crippen molar-refractivity contribution in [2.24, 2.45) is 14.1 Å². The summed E-state index contributed by atoms with van der Waals surface area (Å²) in [5.74, 6) is -0.0735. The summed E-state index contributed by atoms with van der Waals surface area (Å²) in [6, 6.07) is 9.15. The molecule has 0 fully saturated rings. The number of hydrogen-bond acceptors (Lipinski definition) is 5. The molecule has 8 nitrogen and oxygen atoms in total. The summed E-state index contributed by atoms with van der Waals surface area (Å²) >= 11 is 6.03. The SMILES string of the molecule is CCOc1ccc(Cl)cc1C(=O)CN(CC)S(=O)(=O)c1ccc2c(c1)n(C)c(=O)n2C. The lowest BCUT2D eigenvalue weighted by Crippen LogP contribution is -2.35. The smallest absolute Gasteiger partial charge is 0.328 e. The van der Waals surface area contributed by atoms with Gasteiger partial charge in [0.05, 0.1) is 34.6 Å². The van der Waals surface area contributed by atoms with Crippen LogP contribution >= 0.6 is 11.6 Å². The molecular weight excluding hydrogens is 442 g/mol. The van der Waals surface area contributed by atoms with E-state index in [0.717, 1.165) is 4.31 Å². The lowest BCUT2D eigenvalue weighted by Gasteiger charge is -2.20. The molecule has 10 heteroatoms. The number of likely N-dealkylation sites (N-methyl/N-ethyl adjacent to an activating group) is 1. The van der Waals surface area contributed by atoms with Gasteiger partial charge in [-0.05, 0) is 43.3 Å². The number of carbonyl (C=O) groups excluding carboxylic acids is 1. The van der Waals surface area contributed by atoms with Crippen LogP contribution in [0.2, 0.25) is 5.02 Å². The van der Waals surface area contributed by atoms with Gasteiger partial charge in [0.2, 0.25) is 10.0 Å². The number of sulfonamides is 1. The molecule has 0 amide bonds. The third kappa shape index (κ3) is 4.26. The second kappa shape index (κ2) is 8.86. The third-order valence-electron chi connectivity index (χ3n) is 5.10. The van der Waals surface area contributed by atoms with Crippen molar-refractivity contribution in [3.8, 4) is 5.75 Å². The zero-order chi connectivity index (χ0) is 22.9. The first-order valence-corrected chi connectivity index (χ1v) is 11.5. The van der Waals surface area contributed by atoms with Crippen LogP contribution in [0.15, 0.2) is 46.1 Å². The summed E-state index contributed by atoms with van der Waals surface area (Å²) in [7, 11) is -0.785. The molecule has 3 aromatic rings.